The number of methoxy groups -OCH3 is 1. The Labute approximate surface area is 204 Å². The summed E-state index contributed by atoms with van der Waals surface area (Å²) in [6, 6.07) is 12.7. The number of halogens is 1. The van der Waals surface area contributed by atoms with E-state index in [9.17, 15) is 9.59 Å². The van der Waals surface area contributed by atoms with Gasteiger partial charge in [-0.05, 0) is 36.8 Å². The lowest BCUT2D eigenvalue weighted by atomic mass is 10.2. The fraction of sp³-hybridized carbons (Fsp3) is 0.208. The molecule has 1 amide bonds. The molecule has 10 nitrogen and oxygen atoms in total. The summed E-state index contributed by atoms with van der Waals surface area (Å²) in [5.74, 6) is 1.10. The summed E-state index contributed by atoms with van der Waals surface area (Å²) in [6.07, 6.45) is 1.44. The summed E-state index contributed by atoms with van der Waals surface area (Å²) in [5, 5.41) is 7.91. The number of hydrogen-bond donors (Lipinski definition) is 1. The number of aromatic nitrogens is 5. The largest absolute Gasteiger partial charge is 0.497 e. The third-order valence-corrected chi connectivity index (χ3v) is 6.01. The highest BCUT2D eigenvalue weighted by molar-refractivity contribution is 6.31. The second-order valence-corrected chi connectivity index (χ2v) is 8.35. The molecule has 2 aromatic carbocycles. The van der Waals surface area contributed by atoms with Crippen molar-refractivity contribution < 1.29 is 14.1 Å². The molecule has 1 N–H and O–H groups in total. The lowest BCUT2D eigenvalue weighted by Crippen LogP contribution is -2.29. The van der Waals surface area contributed by atoms with E-state index in [1.54, 1.807) is 36.8 Å². The SMILES string of the molecule is COc1ccc2c(c1)c1ncn(Cc3nc(C)no3)c(=O)c1n2CC(=O)NCc1ccccc1Cl. The van der Waals surface area contributed by atoms with Crippen LogP contribution in [0.3, 0.4) is 0 Å². The molecule has 35 heavy (non-hydrogen) atoms. The summed E-state index contributed by atoms with van der Waals surface area (Å²) in [4.78, 5) is 35.1. The van der Waals surface area contributed by atoms with Gasteiger partial charge in [-0.3, -0.25) is 14.2 Å². The minimum atomic E-state index is -0.333. The normalized spacial score (nSPS) is 11.3. The van der Waals surface area contributed by atoms with Gasteiger partial charge in [0.05, 0.1) is 19.0 Å². The number of carbonyl (C=O) groups excluding carboxylic acids is 1. The number of fused-ring (bicyclic) bond motifs is 3. The Morgan fingerprint density at radius 3 is 2.80 bits per heavy atom. The van der Waals surface area contributed by atoms with Gasteiger partial charge in [0.1, 0.15) is 29.9 Å². The van der Waals surface area contributed by atoms with Gasteiger partial charge in [0.15, 0.2) is 5.82 Å². The predicted octanol–water partition coefficient (Wildman–Crippen LogP) is 3.07. The first-order valence-electron chi connectivity index (χ1n) is 10.8. The van der Waals surface area contributed by atoms with Crippen molar-refractivity contribution in [3.8, 4) is 5.75 Å². The third-order valence-electron chi connectivity index (χ3n) is 5.64. The third kappa shape index (κ3) is 4.35. The molecule has 0 unspecified atom stereocenters. The van der Waals surface area contributed by atoms with Crippen LogP contribution in [0.25, 0.3) is 21.9 Å². The number of rotatable bonds is 7. The topological polar surface area (TPSA) is 117 Å². The van der Waals surface area contributed by atoms with Crippen molar-refractivity contribution in [1.82, 2.24) is 29.6 Å². The van der Waals surface area contributed by atoms with Gasteiger partial charge in [-0.2, -0.15) is 4.98 Å². The maximum Gasteiger partial charge on any atom is 0.278 e. The summed E-state index contributed by atoms with van der Waals surface area (Å²) in [7, 11) is 1.56. The van der Waals surface area contributed by atoms with Crippen LogP contribution in [0.15, 0.2) is 58.1 Å². The van der Waals surface area contributed by atoms with Gasteiger partial charge in [0, 0.05) is 17.0 Å². The first-order chi connectivity index (χ1) is 16.9. The molecule has 5 rings (SSSR count). The van der Waals surface area contributed by atoms with Crippen LogP contribution in [-0.2, 0) is 24.4 Å². The van der Waals surface area contributed by atoms with Crippen molar-refractivity contribution >= 4 is 39.4 Å². The van der Waals surface area contributed by atoms with E-state index >= 15 is 0 Å². The average molecular weight is 493 g/mol. The zero-order valence-corrected chi connectivity index (χ0v) is 19.7. The molecule has 0 radical (unpaired) electrons. The number of aryl methyl sites for hydroxylation is 1. The number of benzene rings is 2. The molecule has 3 heterocycles. The van der Waals surface area contributed by atoms with E-state index in [-0.39, 0.29) is 37.0 Å². The lowest BCUT2D eigenvalue weighted by molar-refractivity contribution is -0.121. The van der Waals surface area contributed by atoms with Crippen LogP contribution in [-0.4, -0.2) is 37.3 Å². The van der Waals surface area contributed by atoms with E-state index in [4.69, 9.17) is 20.9 Å². The fourth-order valence-electron chi connectivity index (χ4n) is 3.97. The standard InChI is InChI=1S/C24H21ClN6O4/c1-14-28-21(35-29-14)12-30-13-27-22-17-9-16(34-2)7-8-19(17)31(23(22)24(30)33)11-20(32)26-10-15-5-3-4-6-18(15)25/h3-9,13H,10-12H2,1-2H3,(H,26,32). The first kappa shape index (κ1) is 22.6. The van der Waals surface area contributed by atoms with Gasteiger partial charge >= 0.3 is 0 Å². The molecule has 11 heteroatoms. The maximum absolute atomic E-state index is 13.5. The van der Waals surface area contributed by atoms with E-state index in [2.05, 4.69) is 20.4 Å². The molecule has 3 aromatic heterocycles. The zero-order valence-electron chi connectivity index (χ0n) is 19.0. The highest BCUT2D eigenvalue weighted by atomic mass is 35.5. The summed E-state index contributed by atoms with van der Waals surface area (Å²) >= 11 is 6.20. The molecule has 0 aliphatic carbocycles. The molecule has 0 fully saturated rings. The first-order valence-corrected chi connectivity index (χ1v) is 11.2. The van der Waals surface area contributed by atoms with E-state index in [0.29, 0.717) is 38.5 Å². The van der Waals surface area contributed by atoms with Crippen molar-refractivity contribution in [3.05, 3.63) is 81.4 Å². The Morgan fingerprint density at radius 2 is 2.06 bits per heavy atom. The van der Waals surface area contributed by atoms with Gasteiger partial charge in [0.25, 0.3) is 5.56 Å². The monoisotopic (exact) mass is 492 g/mol. The number of amides is 1. The van der Waals surface area contributed by atoms with E-state index in [1.165, 1.54) is 10.9 Å². The predicted molar refractivity (Wildman–Crippen MR) is 129 cm³/mol. The van der Waals surface area contributed by atoms with Crippen molar-refractivity contribution in [3.63, 3.8) is 0 Å². The fourth-order valence-corrected chi connectivity index (χ4v) is 4.17. The van der Waals surface area contributed by atoms with Crippen LogP contribution in [0.5, 0.6) is 5.75 Å². The van der Waals surface area contributed by atoms with Crippen LogP contribution in [0.1, 0.15) is 17.3 Å². The van der Waals surface area contributed by atoms with Crippen LogP contribution in [0.2, 0.25) is 5.02 Å². The lowest BCUT2D eigenvalue weighted by Gasteiger charge is -2.10. The molecule has 0 spiro atoms. The highest BCUT2D eigenvalue weighted by Gasteiger charge is 2.20. The second kappa shape index (κ2) is 9.22. The summed E-state index contributed by atoms with van der Waals surface area (Å²) < 4.78 is 13.6. The summed E-state index contributed by atoms with van der Waals surface area (Å²) in [6.45, 7) is 1.94. The Morgan fingerprint density at radius 1 is 1.23 bits per heavy atom. The Kier molecular flexibility index (Phi) is 5.96. The second-order valence-electron chi connectivity index (χ2n) is 7.95. The van der Waals surface area contributed by atoms with Crippen LogP contribution in [0.4, 0.5) is 0 Å². The average Bonchev–Trinajstić information content (AvgIpc) is 3.41. The zero-order chi connectivity index (χ0) is 24.5. The molecule has 0 saturated heterocycles. The smallest absolute Gasteiger partial charge is 0.278 e. The van der Waals surface area contributed by atoms with Gasteiger partial charge < -0.3 is 19.1 Å². The quantitative estimate of drug-likeness (QED) is 0.371. The minimum absolute atomic E-state index is 0.0617. The van der Waals surface area contributed by atoms with Crippen molar-refractivity contribution in [2.24, 2.45) is 0 Å². The number of nitrogens with one attached hydrogen (secondary N) is 1. The van der Waals surface area contributed by atoms with Gasteiger partial charge in [-0.25, -0.2) is 4.98 Å². The van der Waals surface area contributed by atoms with E-state index in [0.717, 1.165) is 5.56 Å². The molecule has 0 aliphatic rings. The summed E-state index contributed by atoms with van der Waals surface area (Å²) in [5.41, 5.74) is 1.92. The number of hydrogen-bond acceptors (Lipinski definition) is 7. The molecular weight excluding hydrogens is 472 g/mol. The van der Waals surface area contributed by atoms with Crippen LogP contribution in [0, 0.1) is 6.92 Å². The van der Waals surface area contributed by atoms with Crippen LogP contribution >= 0.6 is 11.6 Å². The van der Waals surface area contributed by atoms with Gasteiger partial charge in [0.2, 0.25) is 11.8 Å². The highest BCUT2D eigenvalue weighted by Crippen LogP contribution is 2.29. The maximum atomic E-state index is 13.5. The van der Waals surface area contributed by atoms with Crippen molar-refractivity contribution in [2.45, 2.75) is 26.6 Å². The molecule has 0 aliphatic heterocycles. The van der Waals surface area contributed by atoms with Crippen molar-refractivity contribution in [1.29, 1.82) is 0 Å². The molecule has 0 bridgehead atoms. The molecular formula is C24H21ClN6O4. The Hall–Kier alpha value is -4.18. The van der Waals surface area contributed by atoms with Gasteiger partial charge in [-0.1, -0.05) is 35.0 Å². The van der Waals surface area contributed by atoms with Crippen LogP contribution < -0.4 is 15.6 Å². The molecule has 0 atom stereocenters. The number of carbonyl (C=O) groups is 1. The molecule has 0 saturated carbocycles. The van der Waals surface area contributed by atoms with E-state index < -0.39 is 0 Å². The number of nitrogens with zero attached hydrogens (tertiary/aromatic N) is 5. The minimum Gasteiger partial charge on any atom is -0.497 e. The Bertz CT molecular complexity index is 1620. The molecule has 178 valence electrons. The van der Waals surface area contributed by atoms with Gasteiger partial charge in [-0.15, -0.1) is 0 Å². The Balaban J connectivity index is 1.55. The molecule has 5 aromatic rings. The van der Waals surface area contributed by atoms with Crippen molar-refractivity contribution in [2.75, 3.05) is 7.11 Å². The number of ether oxygens (including phenoxy) is 1. The van der Waals surface area contributed by atoms with E-state index in [1.807, 2.05) is 24.3 Å².